The Kier molecular flexibility index (Phi) is 12.6. The first kappa shape index (κ1) is 32.1. The van der Waals surface area contributed by atoms with Crippen LogP contribution < -0.4 is 10.6 Å². The number of benzene rings is 2. The van der Waals surface area contributed by atoms with Crippen molar-refractivity contribution in [3.05, 3.63) is 65.9 Å². The van der Waals surface area contributed by atoms with Gasteiger partial charge in [0.15, 0.2) is 0 Å². The molecule has 2 heterocycles. The fourth-order valence-electron chi connectivity index (χ4n) is 4.19. The van der Waals surface area contributed by atoms with E-state index in [1.54, 1.807) is 47.4 Å². The van der Waals surface area contributed by atoms with Gasteiger partial charge in [0.1, 0.15) is 0 Å². The summed E-state index contributed by atoms with van der Waals surface area (Å²) in [7, 11) is 0. The van der Waals surface area contributed by atoms with Gasteiger partial charge in [0.05, 0.1) is 16.8 Å². The number of fused-ring (bicyclic) bond motifs is 1. The van der Waals surface area contributed by atoms with Gasteiger partial charge < -0.3 is 30.5 Å². The molecule has 11 heteroatoms. The van der Waals surface area contributed by atoms with Crippen LogP contribution in [-0.2, 0) is 9.59 Å². The Morgan fingerprint density at radius 1 is 0.902 bits per heavy atom. The predicted molar refractivity (Wildman–Crippen MR) is 157 cm³/mol. The zero-order chi connectivity index (χ0) is 30.4. The summed E-state index contributed by atoms with van der Waals surface area (Å²) >= 11 is 0. The number of hydrogen-bond acceptors (Lipinski definition) is 5. The number of aliphatic carboxylic acids is 1. The van der Waals surface area contributed by atoms with Crippen LogP contribution in [0.2, 0.25) is 0 Å². The molecule has 1 aliphatic rings. The molecule has 4 N–H and O–H groups in total. The quantitative estimate of drug-likeness (QED) is 0.143. The predicted octanol–water partition coefficient (Wildman–Crippen LogP) is 3.60. The summed E-state index contributed by atoms with van der Waals surface area (Å²) in [5.74, 6) is -2.37. The molecule has 0 spiro atoms. The number of carbonyl (C=O) groups excluding carboxylic acids is 4. The van der Waals surface area contributed by atoms with E-state index in [4.69, 9.17) is 5.11 Å². The number of ketones is 1. The van der Waals surface area contributed by atoms with Gasteiger partial charge in [-0.05, 0) is 24.6 Å². The number of urea groups is 1. The normalized spacial score (nSPS) is 12.2. The molecule has 216 valence electrons. The Balaban J connectivity index is 0.00000141. The number of carbonyl (C=O) groups is 5. The molecule has 0 unspecified atom stereocenters. The van der Waals surface area contributed by atoms with Gasteiger partial charge in [-0.1, -0.05) is 44.2 Å². The van der Waals surface area contributed by atoms with E-state index in [0.29, 0.717) is 41.7 Å². The van der Waals surface area contributed by atoms with Crippen molar-refractivity contribution in [2.75, 3.05) is 38.0 Å². The van der Waals surface area contributed by atoms with Crippen LogP contribution in [0.25, 0.3) is 10.9 Å². The number of carboxylic acid groups (broad SMARTS) is 1. The number of H-pyrrole nitrogens is 1. The lowest BCUT2D eigenvalue weighted by atomic mass is 10.1. The van der Waals surface area contributed by atoms with Crippen molar-refractivity contribution in [3.8, 4) is 12.8 Å². The van der Waals surface area contributed by atoms with Crippen LogP contribution in [0.3, 0.4) is 0 Å². The number of carboxylic acids is 1. The largest absolute Gasteiger partial charge is 0.481 e. The molecule has 1 aliphatic heterocycles. The lowest BCUT2D eigenvalue weighted by Crippen LogP contribution is -2.52. The number of nitrogens with one attached hydrogen (secondary N) is 3. The second-order valence-electron chi connectivity index (χ2n) is 8.59. The molecular weight excluding hydrogens is 526 g/mol. The van der Waals surface area contributed by atoms with Crippen molar-refractivity contribution in [2.24, 2.45) is 0 Å². The van der Waals surface area contributed by atoms with Gasteiger partial charge in [-0.2, -0.15) is 0 Å². The second kappa shape index (κ2) is 16.1. The molecular formula is C30H35N5O6. The van der Waals surface area contributed by atoms with Crippen LogP contribution in [0.4, 0.5) is 10.5 Å². The topological polar surface area (TPSA) is 152 Å². The zero-order valence-electron chi connectivity index (χ0n) is 23.2. The molecule has 11 nitrogen and oxygen atoms in total. The maximum absolute atomic E-state index is 13.1. The highest BCUT2D eigenvalue weighted by atomic mass is 16.4. The number of rotatable bonds is 8. The van der Waals surface area contributed by atoms with Crippen LogP contribution in [0.1, 0.15) is 47.4 Å². The summed E-state index contributed by atoms with van der Waals surface area (Å²) < 4.78 is 0. The fourth-order valence-corrected chi connectivity index (χ4v) is 4.19. The summed E-state index contributed by atoms with van der Waals surface area (Å²) in [6, 6.07) is 13.4. The highest BCUT2D eigenvalue weighted by Gasteiger charge is 2.30. The van der Waals surface area contributed by atoms with E-state index in [0.717, 1.165) is 0 Å². The van der Waals surface area contributed by atoms with Crippen molar-refractivity contribution < 1.29 is 29.1 Å². The molecule has 1 fully saturated rings. The van der Waals surface area contributed by atoms with E-state index in [2.05, 4.69) is 28.5 Å². The Bertz CT molecular complexity index is 1370. The first-order valence-electron chi connectivity index (χ1n) is 13.2. The van der Waals surface area contributed by atoms with E-state index < -0.39 is 23.7 Å². The van der Waals surface area contributed by atoms with Crippen molar-refractivity contribution in [1.29, 1.82) is 0 Å². The number of para-hydroxylation sites is 1. The number of terminal acetylenes is 1. The number of anilines is 1. The van der Waals surface area contributed by atoms with Gasteiger partial charge in [0, 0.05) is 56.3 Å². The maximum Gasteiger partial charge on any atom is 0.319 e. The summed E-state index contributed by atoms with van der Waals surface area (Å²) in [4.78, 5) is 67.5. The van der Waals surface area contributed by atoms with Crippen molar-refractivity contribution >= 4 is 46.2 Å². The molecule has 0 atom stereocenters. The molecule has 0 aliphatic carbocycles. The van der Waals surface area contributed by atoms with Gasteiger partial charge in [-0.15, -0.1) is 12.8 Å². The second-order valence-corrected chi connectivity index (χ2v) is 8.59. The first-order chi connectivity index (χ1) is 19.8. The average molecular weight is 562 g/mol. The maximum atomic E-state index is 13.1. The Hall–Kier alpha value is -5.11. The molecule has 0 radical (unpaired) electrons. The van der Waals surface area contributed by atoms with E-state index in [9.17, 15) is 24.0 Å². The van der Waals surface area contributed by atoms with Gasteiger partial charge in [0.25, 0.3) is 17.6 Å². The Morgan fingerprint density at radius 3 is 2.17 bits per heavy atom. The third-order valence-corrected chi connectivity index (χ3v) is 6.13. The minimum Gasteiger partial charge on any atom is -0.481 e. The third kappa shape index (κ3) is 8.44. The van der Waals surface area contributed by atoms with E-state index in [1.807, 2.05) is 19.9 Å². The number of nitrogens with zero attached hydrogens (tertiary/aromatic N) is 2. The molecule has 0 bridgehead atoms. The summed E-state index contributed by atoms with van der Waals surface area (Å²) in [6.45, 7) is 5.36. The van der Waals surface area contributed by atoms with Gasteiger partial charge in [-0.25, -0.2) is 4.79 Å². The van der Waals surface area contributed by atoms with Crippen molar-refractivity contribution in [1.82, 2.24) is 20.1 Å². The zero-order valence-corrected chi connectivity index (χ0v) is 23.2. The van der Waals surface area contributed by atoms with Crippen LogP contribution in [0, 0.1) is 12.8 Å². The van der Waals surface area contributed by atoms with Gasteiger partial charge in [-0.3, -0.25) is 19.2 Å². The number of amides is 4. The van der Waals surface area contributed by atoms with E-state index in [-0.39, 0.29) is 37.5 Å². The minimum absolute atomic E-state index is 0.0512. The van der Waals surface area contributed by atoms with Crippen molar-refractivity contribution in [3.63, 3.8) is 0 Å². The number of aromatic amines is 1. The molecule has 1 aromatic heterocycles. The number of aromatic nitrogens is 1. The number of Topliss-reactive ketones (excluding diaryl/α,β-unsaturated/α-hetero) is 1. The van der Waals surface area contributed by atoms with Crippen molar-refractivity contribution in [2.45, 2.75) is 26.7 Å². The van der Waals surface area contributed by atoms with E-state index in [1.165, 1.54) is 11.1 Å². The molecule has 0 saturated carbocycles. The van der Waals surface area contributed by atoms with E-state index >= 15 is 0 Å². The van der Waals surface area contributed by atoms with Crippen LogP contribution in [0.5, 0.6) is 0 Å². The standard InChI is InChI=1S/C26H27N5O6.C2H6.C2H2/c32-21(33)10-5-11-27-26(37)29-20-9-4-8-18-19(16-28-22(18)20)23(34)25(36)31-14-12-30(13-15-31)24(35)17-6-2-1-3-7-17;2*1-2/h1-4,6-9,16,28H,5,10-15H2,(H,32,33)(H2,27,29,37);1-2H3;1-2H. The molecule has 3 aromatic rings. The monoisotopic (exact) mass is 561 g/mol. The Labute approximate surface area is 238 Å². The Morgan fingerprint density at radius 2 is 1.54 bits per heavy atom. The van der Waals surface area contributed by atoms with Gasteiger partial charge in [0.2, 0.25) is 0 Å². The molecule has 2 aromatic carbocycles. The van der Waals surface area contributed by atoms with Gasteiger partial charge >= 0.3 is 12.0 Å². The SMILES string of the molecule is C#C.CC.O=C(O)CCCNC(=O)Nc1cccc2c(C(=O)C(=O)N3CCN(C(=O)c4ccccc4)CC3)c[nH]c12. The molecule has 41 heavy (non-hydrogen) atoms. The summed E-state index contributed by atoms with van der Waals surface area (Å²) in [5.41, 5.74) is 1.66. The van der Waals surface area contributed by atoms with Crippen LogP contribution in [-0.4, -0.2) is 82.2 Å². The fraction of sp³-hybridized carbons (Fsp3) is 0.300. The van der Waals surface area contributed by atoms with Crippen LogP contribution in [0.15, 0.2) is 54.7 Å². The summed E-state index contributed by atoms with van der Waals surface area (Å²) in [5, 5.41) is 14.4. The molecule has 4 rings (SSSR count). The average Bonchev–Trinajstić information content (AvgIpc) is 3.46. The molecule has 1 saturated heterocycles. The number of hydrogen-bond donors (Lipinski definition) is 4. The summed E-state index contributed by atoms with van der Waals surface area (Å²) in [6.07, 6.45) is 9.69. The highest BCUT2D eigenvalue weighted by Crippen LogP contribution is 2.26. The molecule has 4 amide bonds. The lowest BCUT2D eigenvalue weighted by Gasteiger charge is -2.34. The lowest BCUT2D eigenvalue weighted by molar-refractivity contribution is -0.137. The number of piperazine rings is 1. The third-order valence-electron chi connectivity index (χ3n) is 6.13. The minimum atomic E-state index is -0.937. The first-order valence-corrected chi connectivity index (χ1v) is 13.2. The highest BCUT2D eigenvalue weighted by molar-refractivity contribution is 6.45. The van der Waals surface area contributed by atoms with Crippen LogP contribution >= 0.6 is 0 Å². The smallest absolute Gasteiger partial charge is 0.319 e.